The normalized spacial score (nSPS) is 17.8. The Hall–Kier alpha value is -4.48. The van der Waals surface area contributed by atoms with E-state index in [1.807, 2.05) is 74.4 Å². The average Bonchev–Trinajstić information content (AvgIpc) is 3.54. The summed E-state index contributed by atoms with van der Waals surface area (Å²) < 4.78 is 5.97. The van der Waals surface area contributed by atoms with Crippen LogP contribution in [0.15, 0.2) is 60.8 Å². The van der Waals surface area contributed by atoms with Crippen LogP contribution in [0.1, 0.15) is 34.5 Å². The topological polar surface area (TPSA) is 116 Å². The third-order valence-electron chi connectivity index (χ3n) is 7.48. The molecule has 2 atom stereocenters. The number of amides is 4. The van der Waals surface area contributed by atoms with E-state index >= 15 is 0 Å². The molecule has 4 aromatic rings. The number of carbonyl (C=O) groups is 3. The number of anilines is 3. The summed E-state index contributed by atoms with van der Waals surface area (Å²) in [6.45, 7) is 2.22. The van der Waals surface area contributed by atoms with Crippen LogP contribution in [-0.4, -0.2) is 60.5 Å². The van der Waals surface area contributed by atoms with Gasteiger partial charge in [0, 0.05) is 18.3 Å². The van der Waals surface area contributed by atoms with Gasteiger partial charge in [-0.2, -0.15) is 0 Å². The molecule has 2 aliphatic rings. The second kappa shape index (κ2) is 11.4. The monoisotopic (exact) mass is 584 g/mol. The van der Waals surface area contributed by atoms with Gasteiger partial charge in [-0.15, -0.1) is 11.3 Å². The number of hydrogen-bond acceptors (Lipinski definition) is 7. The highest BCUT2D eigenvalue weighted by atomic mass is 32.1. The molecule has 3 N–H and O–H groups in total. The maximum atomic E-state index is 13.6. The van der Waals surface area contributed by atoms with E-state index in [0.29, 0.717) is 32.5 Å². The van der Waals surface area contributed by atoms with E-state index in [1.165, 1.54) is 11.3 Å². The molecule has 6 rings (SSSR count). The van der Waals surface area contributed by atoms with Crippen LogP contribution < -0.4 is 25.6 Å². The number of aryl methyl sites for hydroxylation is 1. The van der Waals surface area contributed by atoms with E-state index in [2.05, 4.69) is 20.9 Å². The number of thiophene rings is 1. The fourth-order valence-corrected chi connectivity index (χ4v) is 6.65. The Labute approximate surface area is 247 Å². The molecule has 2 aromatic carbocycles. The molecule has 0 radical (unpaired) electrons. The molecule has 0 bridgehead atoms. The number of carbonyl (C=O) groups excluding carboxylic acids is 3. The summed E-state index contributed by atoms with van der Waals surface area (Å²) in [5, 5.41) is 9.85. The predicted octanol–water partition coefficient (Wildman–Crippen LogP) is 5.41. The van der Waals surface area contributed by atoms with Gasteiger partial charge in [-0.05, 0) is 82.2 Å². The number of benzene rings is 2. The predicted molar refractivity (Wildman–Crippen MR) is 164 cm³/mol. The van der Waals surface area contributed by atoms with Crippen molar-refractivity contribution in [2.45, 2.75) is 38.3 Å². The number of urea groups is 1. The van der Waals surface area contributed by atoms with E-state index in [9.17, 15) is 14.4 Å². The van der Waals surface area contributed by atoms with E-state index in [-0.39, 0.29) is 36.5 Å². The van der Waals surface area contributed by atoms with Gasteiger partial charge in [0.05, 0.1) is 29.0 Å². The largest absolute Gasteiger partial charge is 0.457 e. The lowest BCUT2D eigenvalue weighted by Crippen LogP contribution is -2.50. The number of rotatable bonds is 8. The quantitative estimate of drug-likeness (QED) is 0.255. The first-order valence-electron chi connectivity index (χ1n) is 13.9. The van der Waals surface area contributed by atoms with E-state index in [0.717, 1.165) is 36.0 Å². The summed E-state index contributed by atoms with van der Waals surface area (Å²) in [5.74, 6) is 1.03. The molecule has 1 unspecified atom stereocenters. The minimum Gasteiger partial charge on any atom is -0.457 e. The summed E-state index contributed by atoms with van der Waals surface area (Å²) in [7, 11) is 3.68. The maximum absolute atomic E-state index is 13.6. The first-order chi connectivity index (χ1) is 20.3. The van der Waals surface area contributed by atoms with Crippen LogP contribution in [0.5, 0.6) is 11.5 Å². The maximum Gasteiger partial charge on any atom is 0.331 e. The van der Waals surface area contributed by atoms with Crippen molar-refractivity contribution in [1.82, 2.24) is 20.5 Å². The van der Waals surface area contributed by atoms with Crippen LogP contribution in [-0.2, 0) is 4.79 Å². The van der Waals surface area contributed by atoms with Crippen LogP contribution in [0.4, 0.5) is 21.9 Å². The zero-order chi connectivity index (χ0) is 29.4. The highest BCUT2D eigenvalue weighted by Crippen LogP contribution is 2.46. The zero-order valence-corrected chi connectivity index (χ0v) is 24.5. The fourth-order valence-electron chi connectivity index (χ4n) is 5.63. The van der Waals surface area contributed by atoms with Crippen LogP contribution in [0.3, 0.4) is 0 Å². The van der Waals surface area contributed by atoms with Crippen molar-refractivity contribution in [3.05, 3.63) is 71.2 Å². The smallest absolute Gasteiger partial charge is 0.331 e. The fraction of sp³-hybridized carbons (Fsp3) is 0.290. The van der Waals surface area contributed by atoms with Gasteiger partial charge in [-0.25, -0.2) is 9.78 Å². The van der Waals surface area contributed by atoms with Crippen molar-refractivity contribution in [2.75, 3.05) is 30.9 Å². The third kappa shape index (κ3) is 5.40. The lowest BCUT2D eigenvalue weighted by atomic mass is 10.1. The Kier molecular flexibility index (Phi) is 7.53. The van der Waals surface area contributed by atoms with Crippen LogP contribution in [0, 0.1) is 6.92 Å². The number of ether oxygens (including phenoxy) is 1. The zero-order valence-electron chi connectivity index (χ0n) is 23.6. The molecule has 216 valence electrons. The SMILES string of the molecule is Cc1cc(Oc2ccccc2)ccc1N1C(=O)Nc2c(C(=O)NC3CCC[C@H]3NC(=O)CN(C)C)sc3nccc1c23. The second-order valence-electron chi connectivity index (χ2n) is 10.9. The third-order valence-corrected chi connectivity index (χ3v) is 8.58. The molecule has 42 heavy (non-hydrogen) atoms. The number of nitrogens with one attached hydrogen (secondary N) is 3. The molecule has 0 spiro atoms. The van der Waals surface area contributed by atoms with E-state index in [4.69, 9.17) is 4.74 Å². The van der Waals surface area contributed by atoms with E-state index in [1.54, 1.807) is 17.2 Å². The van der Waals surface area contributed by atoms with Gasteiger partial charge in [0.25, 0.3) is 5.91 Å². The molecular weight excluding hydrogens is 552 g/mol. The highest BCUT2D eigenvalue weighted by molar-refractivity contribution is 7.21. The Morgan fingerprint density at radius 1 is 1.05 bits per heavy atom. The van der Waals surface area contributed by atoms with Crippen molar-refractivity contribution in [3.63, 3.8) is 0 Å². The van der Waals surface area contributed by atoms with Crippen molar-refractivity contribution in [2.24, 2.45) is 0 Å². The van der Waals surface area contributed by atoms with Crippen molar-refractivity contribution in [1.29, 1.82) is 0 Å². The number of likely N-dealkylation sites (N-methyl/N-ethyl adjacent to an activating group) is 1. The van der Waals surface area contributed by atoms with Gasteiger partial charge in [-0.1, -0.05) is 18.2 Å². The van der Waals surface area contributed by atoms with Crippen molar-refractivity contribution < 1.29 is 19.1 Å². The number of para-hydroxylation sites is 1. The van der Waals surface area contributed by atoms with Crippen LogP contribution in [0.2, 0.25) is 0 Å². The first kappa shape index (κ1) is 27.7. The Morgan fingerprint density at radius 3 is 2.55 bits per heavy atom. The number of hydrogen-bond donors (Lipinski definition) is 3. The summed E-state index contributed by atoms with van der Waals surface area (Å²) in [5.41, 5.74) is 2.67. The van der Waals surface area contributed by atoms with Gasteiger partial charge in [0.2, 0.25) is 5.91 Å². The molecule has 2 aromatic heterocycles. The molecule has 11 heteroatoms. The summed E-state index contributed by atoms with van der Waals surface area (Å²) in [6.07, 6.45) is 4.13. The Morgan fingerprint density at radius 2 is 1.81 bits per heavy atom. The molecule has 3 heterocycles. The minimum absolute atomic E-state index is 0.0701. The van der Waals surface area contributed by atoms with Gasteiger partial charge in [0.15, 0.2) is 0 Å². The number of aromatic nitrogens is 1. The average molecular weight is 585 g/mol. The second-order valence-corrected chi connectivity index (χ2v) is 11.9. The molecule has 1 aliphatic heterocycles. The minimum atomic E-state index is -0.364. The standard InChI is InChI=1S/C31H32N6O4S/c1-18-16-20(41-19-8-5-4-6-9-19)12-13-23(18)37-24-14-15-32-30-26(24)27(35-31(37)40)28(42-30)29(39)34-22-11-7-10-21(22)33-25(38)17-36(2)3/h4-6,8-9,12-16,21-22H,7,10-11,17H2,1-3H3,(H,33,38)(H,34,39)(H,35,40)/t21-,22?/m1/s1. The van der Waals surface area contributed by atoms with Gasteiger partial charge in [0.1, 0.15) is 21.2 Å². The van der Waals surface area contributed by atoms with Crippen molar-refractivity contribution >= 4 is 56.5 Å². The molecule has 10 nitrogen and oxygen atoms in total. The van der Waals surface area contributed by atoms with Crippen LogP contribution >= 0.6 is 11.3 Å². The molecule has 1 aliphatic carbocycles. The van der Waals surface area contributed by atoms with Crippen LogP contribution in [0.25, 0.3) is 10.2 Å². The van der Waals surface area contributed by atoms with Gasteiger partial charge < -0.3 is 25.6 Å². The van der Waals surface area contributed by atoms with Gasteiger partial charge >= 0.3 is 6.03 Å². The molecule has 1 fully saturated rings. The summed E-state index contributed by atoms with van der Waals surface area (Å²) in [4.78, 5) is 48.5. The first-order valence-corrected chi connectivity index (χ1v) is 14.7. The number of pyridine rings is 1. The lowest BCUT2D eigenvalue weighted by molar-refractivity contribution is -0.122. The molecule has 4 amide bonds. The number of nitrogens with zero attached hydrogens (tertiary/aromatic N) is 3. The van der Waals surface area contributed by atoms with Gasteiger partial charge in [-0.3, -0.25) is 14.5 Å². The Balaban J connectivity index is 1.26. The molecular formula is C31H32N6O4S. The van der Waals surface area contributed by atoms with Crippen molar-refractivity contribution in [3.8, 4) is 11.5 Å². The summed E-state index contributed by atoms with van der Waals surface area (Å²) in [6, 6.07) is 16.2. The molecule has 1 saturated carbocycles. The van der Waals surface area contributed by atoms with E-state index < -0.39 is 0 Å². The Bertz CT molecular complexity index is 1670. The summed E-state index contributed by atoms with van der Waals surface area (Å²) >= 11 is 1.25. The molecule has 0 saturated heterocycles. The highest BCUT2D eigenvalue weighted by Gasteiger charge is 2.35. The lowest BCUT2D eigenvalue weighted by Gasteiger charge is -2.29.